The number of thioether (sulfide) groups is 1. The van der Waals surface area contributed by atoms with Crippen molar-refractivity contribution in [1.29, 1.82) is 0 Å². The Balaban J connectivity index is 1.78. The number of halogens is 3. The molecule has 1 fully saturated rings. The molecule has 2 amide bonds. The van der Waals surface area contributed by atoms with E-state index in [1.165, 1.54) is 8.47 Å². The molecule has 0 unspecified atom stereocenters. The molecule has 152 valence electrons. The van der Waals surface area contributed by atoms with Gasteiger partial charge in [-0.05, 0) is 121 Å². The number of hydrogen-bond donors (Lipinski definition) is 0. The monoisotopic (exact) mass is 649 g/mol. The second-order valence-corrected chi connectivity index (χ2v) is 10.5. The van der Waals surface area contributed by atoms with Gasteiger partial charge in [0.25, 0.3) is 11.1 Å². The van der Waals surface area contributed by atoms with Crippen LogP contribution < -0.4 is 4.74 Å². The lowest BCUT2D eigenvalue weighted by molar-refractivity contribution is -0.124. The molecule has 0 radical (unpaired) electrons. The predicted octanol–water partition coefficient (Wildman–Crippen LogP) is 7.23. The minimum absolute atomic E-state index is 0.107. The number of hydrogen-bond acceptors (Lipinski definition) is 4. The Kier molecular flexibility index (Phi) is 7.86. The highest BCUT2D eigenvalue weighted by Gasteiger charge is 2.37. The van der Waals surface area contributed by atoms with E-state index >= 15 is 0 Å². The first-order chi connectivity index (χ1) is 13.8. The van der Waals surface area contributed by atoms with E-state index in [1.807, 2.05) is 50.2 Å². The van der Waals surface area contributed by atoms with Crippen LogP contribution in [0, 0.1) is 3.57 Å². The molecule has 0 aliphatic carbocycles. The van der Waals surface area contributed by atoms with Crippen LogP contribution in [0.3, 0.4) is 0 Å². The van der Waals surface area contributed by atoms with Crippen molar-refractivity contribution in [2.24, 2.45) is 0 Å². The summed E-state index contributed by atoms with van der Waals surface area (Å²) in [5, 5.41) is -0.216. The highest BCUT2D eigenvalue weighted by molar-refractivity contribution is 14.1. The summed E-state index contributed by atoms with van der Waals surface area (Å²) in [6, 6.07) is 11.8. The number of carbonyl (C=O) groups is 2. The van der Waals surface area contributed by atoms with E-state index in [0.29, 0.717) is 17.3 Å². The first-order valence-corrected chi connectivity index (χ1v) is 12.4. The first kappa shape index (κ1) is 22.8. The highest BCUT2D eigenvalue weighted by atomic mass is 127. The zero-order chi connectivity index (χ0) is 21.1. The zero-order valence-corrected chi connectivity index (χ0v) is 21.9. The molecule has 1 atom stereocenters. The molecule has 8 heteroatoms. The molecule has 1 aliphatic rings. The second kappa shape index (κ2) is 9.98. The SMILES string of the molecule is CC[C@@H](C)N1C(=O)S/C(=C/c2cc(Br)c(OCc3ccc(I)cc3)c(Br)c2)C1=O. The maximum Gasteiger partial charge on any atom is 0.293 e. The minimum atomic E-state index is -0.236. The molecule has 1 heterocycles. The van der Waals surface area contributed by atoms with Crippen molar-refractivity contribution in [3.05, 3.63) is 64.9 Å². The maximum atomic E-state index is 12.6. The summed E-state index contributed by atoms with van der Waals surface area (Å²) in [5.41, 5.74) is 1.88. The Bertz CT molecular complexity index is 955. The van der Waals surface area contributed by atoms with Crippen molar-refractivity contribution in [1.82, 2.24) is 4.90 Å². The van der Waals surface area contributed by atoms with Crippen LogP contribution in [0.1, 0.15) is 31.4 Å². The third kappa shape index (κ3) is 5.45. The smallest absolute Gasteiger partial charge is 0.293 e. The van der Waals surface area contributed by atoms with Crippen LogP contribution in [-0.4, -0.2) is 22.1 Å². The summed E-state index contributed by atoms with van der Waals surface area (Å²) in [6.07, 6.45) is 2.47. The Morgan fingerprint density at radius 3 is 2.38 bits per heavy atom. The number of carbonyl (C=O) groups excluding carboxylic acids is 2. The number of ether oxygens (including phenoxy) is 1. The Morgan fingerprint density at radius 2 is 1.79 bits per heavy atom. The quantitative estimate of drug-likeness (QED) is 0.245. The molecular weight excluding hydrogens is 633 g/mol. The summed E-state index contributed by atoms with van der Waals surface area (Å²) in [6.45, 7) is 4.29. The lowest BCUT2D eigenvalue weighted by atomic mass is 10.2. The molecular formula is C21H18Br2INO3S. The summed E-state index contributed by atoms with van der Waals surface area (Å²) in [7, 11) is 0. The summed E-state index contributed by atoms with van der Waals surface area (Å²) in [4.78, 5) is 26.6. The van der Waals surface area contributed by atoms with Gasteiger partial charge >= 0.3 is 0 Å². The predicted molar refractivity (Wildman–Crippen MR) is 133 cm³/mol. The van der Waals surface area contributed by atoms with Gasteiger partial charge in [0.05, 0.1) is 13.9 Å². The van der Waals surface area contributed by atoms with Gasteiger partial charge < -0.3 is 4.74 Å². The molecule has 0 bridgehead atoms. The third-order valence-corrected chi connectivity index (χ3v) is 7.25. The number of nitrogens with zero attached hydrogens (tertiary/aromatic N) is 1. The van der Waals surface area contributed by atoms with E-state index in [2.05, 4.69) is 54.5 Å². The van der Waals surface area contributed by atoms with Gasteiger partial charge in [-0.1, -0.05) is 19.1 Å². The molecule has 4 nitrogen and oxygen atoms in total. The normalized spacial score (nSPS) is 16.6. The Labute approximate surface area is 204 Å². The van der Waals surface area contributed by atoms with Crippen molar-refractivity contribution < 1.29 is 14.3 Å². The standard InChI is InChI=1S/C21H18Br2INO3S/c1-3-12(2)25-20(26)18(29-21(25)27)10-14-8-16(22)19(17(23)9-14)28-11-13-4-6-15(24)7-5-13/h4-10,12H,3,11H2,1-2H3/b18-10+/t12-/m1/s1. The van der Waals surface area contributed by atoms with E-state index in [9.17, 15) is 9.59 Å². The third-order valence-electron chi connectivity index (χ3n) is 4.47. The number of benzene rings is 2. The van der Waals surface area contributed by atoms with E-state index in [4.69, 9.17) is 4.74 Å². The van der Waals surface area contributed by atoms with Crippen LogP contribution in [0.5, 0.6) is 5.75 Å². The van der Waals surface area contributed by atoms with Crippen LogP contribution in [0.2, 0.25) is 0 Å². The highest BCUT2D eigenvalue weighted by Crippen LogP contribution is 2.38. The van der Waals surface area contributed by atoms with Crippen LogP contribution in [-0.2, 0) is 11.4 Å². The number of rotatable bonds is 6. The molecule has 0 spiro atoms. The van der Waals surface area contributed by atoms with Gasteiger partial charge in [-0.15, -0.1) is 0 Å². The maximum absolute atomic E-state index is 12.6. The molecule has 0 N–H and O–H groups in total. The zero-order valence-electron chi connectivity index (χ0n) is 15.7. The Morgan fingerprint density at radius 1 is 1.17 bits per heavy atom. The van der Waals surface area contributed by atoms with E-state index < -0.39 is 0 Å². The Hall–Kier alpha value is -0.840. The van der Waals surface area contributed by atoms with E-state index in [1.54, 1.807) is 6.08 Å². The fraction of sp³-hybridized carbons (Fsp3) is 0.238. The van der Waals surface area contributed by atoms with Gasteiger partial charge in [0.1, 0.15) is 12.4 Å². The average Bonchev–Trinajstić information content (AvgIpc) is 2.95. The minimum Gasteiger partial charge on any atom is -0.487 e. The van der Waals surface area contributed by atoms with Gasteiger partial charge in [0.2, 0.25) is 0 Å². The second-order valence-electron chi connectivity index (χ2n) is 6.54. The van der Waals surface area contributed by atoms with Gasteiger partial charge in [0, 0.05) is 9.61 Å². The lowest BCUT2D eigenvalue weighted by Gasteiger charge is -2.19. The molecule has 2 aromatic carbocycles. The lowest BCUT2D eigenvalue weighted by Crippen LogP contribution is -2.36. The molecule has 2 aromatic rings. The van der Waals surface area contributed by atoms with Gasteiger partial charge in [-0.2, -0.15) is 0 Å². The largest absolute Gasteiger partial charge is 0.487 e. The number of amides is 2. The molecule has 1 saturated heterocycles. The molecule has 0 aromatic heterocycles. The van der Waals surface area contributed by atoms with Crippen molar-refractivity contribution in [3.63, 3.8) is 0 Å². The van der Waals surface area contributed by atoms with Crippen LogP contribution >= 0.6 is 66.2 Å². The van der Waals surface area contributed by atoms with Gasteiger partial charge in [0.15, 0.2) is 0 Å². The summed E-state index contributed by atoms with van der Waals surface area (Å²) < 4.78 is 8.68. The summed E-state index contributed by atoms with van der Waals surface area (Å²) in [5.74, 6) is 0.453. The number of imide groups is 1. The summed E-state index contributed by atoms with van der Waals surface area (Å²) >= 11 is 10.4. The average molecular weight is 651 g/mol. The fourth-order valence-electron chi connectivity index (χ4n) is 2.73. The van der Waals surface area contributed by atoms with Crippen LogP contribution in [0.4, 0.5) is 4.79 Å². The topological polar surface area (TPSA) is 46.6 Å². The molecule has 1 aliphatic heterocycles. The fourth-order valence-corrected chi connectivity index (χ4v) is 5.47. The van der Waals surface area contributed by atoms with E-state index in [-0.39, 0.29) is 17.2 Å². The van der Waals surface area contributed by atoms with E-state index in [0.717, 1.165) is 38.3 Å². The van der Waals surface area contributed by atoms with Crippen molar-refractivity contribution >= 4 is 83.4 Å². The van der Waals surface area contributed by atoms with Crippen LogP contribution in [0.15, 0.2) is 50.2 Å². The van der Waals surface area contributed by atoms with Crippen molar-refractivity contribution in [2.75, 3.05) is 0 Å². The van der Waals surface area contributed by atoms with Crippen molar-refractivity contribution in [3.8, 4) is 5.75 Å². The molecule has 3 rings (SSSR count). The van der Waals surface area contributed by atoms with Gasteiger partial charge in [-0.25, -0.2) is 0 Å². The first-order valence-electron chi connectivity index (χ1n) is 8.93. The molecule has 29 heavy (non-hydrogen) atoms. The van der Waals surface area contributed by atoms with Crippen molar-refractivity contribution in [2.45, 2.75) is 32.9 Å². The van der Waals surface area contributed by atoms with Crippen LogP contribution in [0.25, 0.3) is 6.08 Å². The van der Waals surface area contributed by atoms with Gasteiger partial charge in [-0.3, -0.25) is 14.5 Å². The molecule has 0 saturated carbocycles.